The van der Waals surface area contributed by atoms with E-state index in [0.29, 0.717) is 0 Å². The lowest BCUT2D eigenvalue weighted by Gasteiger charge is -2.18. The van der Waals surface area contributed by atoms with Crippen molar-refractivity contribution in [2.24, 2.45) is 5.73 Å². The van der Waals surface area contributed by atoms with Crippen molar-refractivity contribution >= 4 is 11.9 Å². The molecule has 11 heteroatoms. The number of amides is 1. The van der Waals surface area contributed by atoms with Crippen LogP contribution in [0, 0.1) is 0 Å². The van der Waals surface area contributed by atoms with E-state index in [1.54, 1.807) is 0 Å². The van der Waals surface area contributed by atoms with Gasteiger partial charge in [0.1, 0.15) is 17.1 Å². The lowest BCUT2D eigenvalue weighted by molar-refractivity contribution is -0.274. The zero-order valence-corrected chi connectivity index (χ0v) is 14.4. The Bertz CT molecular complexity index is 937. The fourth-order valence-corrected chi connectivity index (χ4v) is 2.61. The highest BCUT2D eigenvalue weighted by Gasteiger charge is 2.31. The number of aromatic hydroxyl groups is 1. The molecular formula is C17H15F3N2O6. The molecule has 2 aromatic rings. The Kier molecular flexibility index (Phi) is 5.96. The third-order valence-electron chi connectivity index (χ3n) is 3.78. The number of hydrogen-bond acceptors (Lipinski definition) is 6. The number of pyridine rings is 1. The summed E-state index contributed by atoms with van der Waals surface area (Å²) < 4.78 is 45.1. The third kappa shape index (κ3) is 4.81. The number of nitrogens with two attached hydrogens (primary N) is 1. The number of primary amides is 1. The molecule has 8 nitrogen and oxygen atoms in total. The van der Waals surface area contributed by atoms with Crippen LogP contribution in [0.2, 0.25) is 0 Å². The molecule has 0 bridgehead atoms. The zero-order valence-electron chi connectivity index (χ0n) is 14.4. The van der Waals surface area contributed by atoms with Gasteiger partial charge in [-0.25, -0.2) is 4.79 Å². The fraction of sp³-hybridized carbons (Fsp3) is 0.235. The zero-order chi connectivity index (χ0) is 21.1. The van der Waals surface area contributed by atoms with Crippen LogP contribution in [-0.4, -0.2) is 35.4 Å². The van der Waals surface area contributed by atoms with Crippen LogP contribution < -0.4 is 16.0 Å². The van der Waals surface area contributed by atoms with E-state index in [0.717, 1.165) is 25.4 Å². The van der Waals surface area contributed by atoms with E-state index < -0.39 is 47.6 Å². The highest BCUT2D eigenvalue weighted by atomic mass is 19.4. The molecule has 1 atom stereocenters. The summed E-state index contributed by atoms with van der Waals surface area (Å²) in [6, 6.07) is 4.31. The predicted octanol–water partition coefficient (Wildman–Crippen LogP) is 1.77. The van der Waals surface area contributed by atoms with Crippen molar-refractivity contribution in [1.82, 2.24) is 4.98 Å². The van der Waals surface area contributed by atoms with Gasteiger partial charge in [-0.15, -0.1) is 13.2 Å². The molecular weight excluding hydrogens is 385 g/mol. The van der Waals surface area contributed by atoms with Gasteiger partial charge in [-0.05, 0) is 17.7 Å². The van der Waals surface area contributed by atoms with E-state index in [-0.39, 0.29) is 16.7 Å². The molecule has 4 N–H and O–H groups in total. The van der Waals surface area contributed by atoms with E-state index in [1.165, 1.54) is 12.1 Å². The van der Waals surface area contributed by atoms with Crippen LogP contribution in [-0.2, 0) is 9.53 Å². The second-order valence-electron chi connectivity index (χ2n) is 5.63. The number of rotatable bonds is 6. The fourth-order valence-electron chi connectivity index (χ4n) is 2.61. The first-order valence-electron chi connectivity index (χ1n) is 7.70. The SMILES string of the molecule is COC(=O)c1c[nH]c(=O)c([C@@H](CC(N)=O)c2ccc(OC(F)(F)F)cc2)c1O. The van der Waals surface area contributed by atoms with E-state index >= 15 is 0 Å². The first kappa shape index (κ1) is 20.8. The van der Waals surface area contributed by atoms with E-state index in [9.17, 15) is 32.7 Å². The molecule has 0 spiro atoms. The molecule has 0 aliphatic carbocycles. The number of hydrogen-bond donors (Lipinski definition) is 3. The van der Waals surface area contributed by atoms with E-state index in [1.807, 2.05) is 0 Å². The number of ether oxygens (including phenoxy) is 2. The van der Waals surface area contributed by atoms with Crippen LogP contribution >= 0.6 is 0 Å². The molecule has 0 unspecified atom stereocenters. The van der Waals surface area contributed by atoms with Crippen LogP contribution in [0.5, 0.6) is 11.5 Å². The minimum atomic E-state index is -4.89. The van der Waals surface area contributed by atoms with Gasteiger partial charge in [-0.2, -0.15) is 0 Å². The second-order valence-corrected chi connectivity index (χ2v) is 5.63. The summed E-state index contributed by atoms with van der Waals surface area (Å²) in [6.07, 6.45) is -4.41. The maximum Gasteiger partial charge on any atom is 0.573 e. The summed E-state index contributed by atoms with van der Waals surface area (Å²) in [7, 11) is 1.06. The molecule has 1 aromatic heterocycles. The standard InChI is InChI=1S/C17H15F3N2O6/c1-27-16(26)11-7-22-15(25)13(14(11)24)10(6-12(21)23)8-2-4-9(5-3-8)28-17(18,19)20/h2-5,7,10H,6H2,1H3,(H2,21,23)(H2,22,24,25)/t10-/m0/s1. The molecule has 150 valence electrons. The monoisotopic (exact) mass is 400 g/mol. The summed E-state index contributed by atoms with van der Waals surface area (Å²) in [6.45, 7) is 0. The van der Waals surface area contributed by atoms with Gasteiger partial charge >= 0.3 is 12.3 Å². The Morgan fingerprint density at radius 1 is 1.25 bits per heavy atom. The van der Waals surface area contributed by atoms with Crippen LogP contribution in [0.15, 0.2) is 35.3 Å². The number of esters is 1. The van der Waals surface area contributed by atoms with Crippen molar-refractivity contribution in [1.29, 1.82) is 0 Å². The Balaban J connectivity index is 2.55. The Morgan fingerprint density at radius 3 is 2.36 bits per heavy atom. The molecule has 1 aromatic carbocycles. The summed E-state index contributed by atoms with van der Waals surface area (Å²) in [5, 5.41) is 10.4. The van der Waals surface area contributed by atoms with Gasteiger partial charge in [-0.3, -0.25) is 9.59 Å². The molecule has 1 heterocycles. The molecule has 0 aliphatic rings. The number of halogens is 3. The Morgan fingerprint density at radius 2 is 1.86 bits per heavy atom. The van der Waals surface area contributed by atoms with Gasteiger partial charge in [0.15, 0.2) is 0 Å². The van der Waals surface area contributed by atoms with Gasteiger partial charge in [0.05, 0.1) is 12.7 Å². The average Bonchev–Trinajstić information content (AvgIpc) is 2.59. The highest BCUT2D eigenvalue weighted by molar-refractivity contribution is 5.92. The van der Waals surface area contributed by atoms with Gasteiger partial charge in [0.25, 0.3) is 5.56 Å². The largest absolute Gasteiger partial charge is 0.573 e. The second kappa shape index (κ2) is 8.03. The molecule has 28 heavy (non-hydrogen) atoms. The lowest BCUT2D eigenvalue weighted by Crippen LogP contribution is -2.24. The quantitative estimate of drug-likeness (QED) is 0.634. The molecule has 0 saturated carbocycles. The van der Waals surface area contributed by atoms with Crippen molar-refractivity contribution in [3.63, 3.8) is 0 Å². The maximum atomic E-state index is 12.3. The van der Waals surface area contributed by atoms with Crippen molar-refractivity contribution in [3.05, 3.63) is 57.5 Å². The topological polar surface area (TPSA) is 132 Å². The molecule has 0 radical (unpaired) electrons. The van der Waals surface area contributed by atoms with Crippen molar-refractivity contribution in [3.8, 4) is 11.5 Å². The molecule has 1 amide bonds. The number of H-pyrrole nitrogens is 1. The predicted molar refractivity (Wildman–Crippen MR) is 88.8 cm³/mol. The molecule has 0 saturated heterocycles. The number of carbonyl (C=O) groups is 2. The van der Waals surface area contributed by atoms with Gasteiger partial charge in [-0.1, -0.05) is 12.1 Å². The van der Waals surface area contributed by atoms with Crippen molar-refractivity contribution in [2.45, 2.75) is 18.7 Å². The average molecular weight is 400 g/mol. The first-order chi connectivity index (χ1) is 13.0. The van der Waals surface area contributed by atoms with E-state index in [2.05, 4.69) is 14.5 Å². The number of benzene rings is 1. The summed E-state index contributed by atoms with van der Waals surface area (Å²) >= 11 is 0. The minimum Gasteiger partial charge on any atom is -0.506 e. The summed E-state index contributed by atoms with van der Waals surface area (Å²) in [5.41, 5.74) is 3.87. The van der Waals surface area contributed by atoms with Gasteiger partial charge in [0.2, 0.25) is 5.91 Å². The van der Waals surface area contributed by atoms with Crippen LogP contribution in [0.25, 0.3) is 0 Å². The van der Waals surface area contributed by atoms with Gasteiger partial charge in [0, 0.05) is 18.5 Å². The first-order valence-corrected chi connectivity index (χ1v) is 7.70. The Hall–Kier alpha value is -3.50. The number of alkyl halides is 3. The smallest absolute Gasteiger partial charge is 0.506 e. The minimum absolute atomic E-state index is 0.191. The van der Waals surface area contributed by atoms with Crippen LogP contribution in [0.3, 0.4) is 0 Å². The van der Waals surface area contributed by atoms with Crippen LogP contribution in [0.1, 0.15) is 33.8 Å². The molecule has 0 aliphatic heterocycles. The maximum absolute atomic E-state index is 12.3. The third-order valence-corrected chi connectivity index (χ3v) is 3.78. The Labute approximate surface area is 155 Å². The number of carbonyl (C=O) groups excluding carboxylic acids is 2. The number of methoxy groups -OCH3 is 1. The number of aromatic nitrogens is 1. The normalized spacial score (nSPS) is 12.3. The lowest BCUT2D eigenvalue weighted by atomic mass is 9.87. The molecule has 0 fully saturated rings. The van der Waals surface area contributed by atoms with Crippen molar-refractivity contribution < 1.29 is 37.3 Å². The molecule has 2 rings (SSSR count). The number of aromatic amines is 1. The number of nitrogens with one attached hydrogen (secondary N) is 1. The highest BCUT2D eigenvalue weighted by Crippen LogP contribution is 2.34. The summed E-state index contributed by atoms with van der Waals surface area (Å²) in [4.78, 5) is 37.7. The van der Waals surface area contributed by atoms with Crippen molar-refractivity contribution in [2.75, 3.05) is 7.11 Å². The van der Waals surface area contributed by atoms with Gasteiger partial charge < -0.3 is 25.3 Å². The van der Waals surface area contributed by atoms with Crippen LogP contribution in [0.4, 0.5) is 13.2 Å². The van der Waals surface area contributed by atoms with E-state index in [4.69, 9.17) is 5.73 Å². The summed E-state index contributed by atoms with van der Waals surface area (Å²) in [5.74, 6) is -4.16.